The fourth-order valence-electron chi connectivity index (χ4n) is 3.05. The molecule has 0 atom stereocenters. The summed E-state index contributed by atoms with van der Waals surface area (Å²) in [5.41, 5.74) is 3.32. The van der Waals surface area contributed by atoms with Gasteiger partial charge in [-0.15, -0.1) is 0 Å². The minimum Gasteiger partial charge on any atom is -0.497 e. The van der Waals surface area contributed by atoms with E-state index >= 15 is 0 Å². The molecule has 0 bridgehead atoms. The van der Waals surface area contributed by atoms with Crippen molar-refractivity contribution in [3.8, 4) is 17.2 Å². The molecule has 0 radical (unpaired) electrons. The molecule has 0 aromatic heterocycles. The molecular formula is C24H26ClNO3. The quantitative estimate of drug-likeness (QED) is 0.461. The Balaban J connectivity index is 1.62. The Morgan fingerprint density at radius 1 is 0.862 bits per heavy atom. The summed E-state index contributed by atoms with van der Waals surface area (Å²) in [7, 11) is 3.30. The number of hydrogen-bond acceptors (Lipinski definition) is 4. The van der Waals surface area contributed by atoms with Crippen LogP contribution in [0.4, 0.5) is 0 Å². The zero-order chi connectivity index (χ0) is 20.5. The standard InChI is InChI=1S/C24H26ClNO3/c1-27-22-10-8-18(9-11-22)12-13-26-16-20-14-21(25)15-23(28-2)24(20)29-17-19-6-4-3-5-7-19/h3-11,14-15,26H,12-13,16-17H2,1-2H3. The van der Waals surface area contributed by atoms with Crippen LogP contribution in [0.3, 0.4) is 0 Å². The number of benzene rings is 3. The monoisotopic (exact) mass is 411 g/mol. The predicted molar refractivity (Wildman–Crippen MR) is 117 cm³/mol. The van der Waals surface area contributed by atoms with Gasteiger partial charge in [-0.05, 0) is 42.3 Å². The lowest BCUT2D eigenvalue weighted by Crippen LogP contribution is -2.17. The van der Waals surface area contributed by atoms with Crippen molar-refractivity contribution in [3.05, 3.63) is 88.4 Å². The Morgan fingerprint density at radius 3 is 2.31 bits per heavy atom. The first-order valence-electron chi connectivity index (χ1n) is 9.56. The summed E-state index contributed by atoms with van der Waals surface area (Å²) >= 11 is 6.28. The first-order valence-corrected chi connectivity index (χ1v) is 9.94. The van der Waals surface area contributed by atoms with Gasteiger partial charge in [0.2, 0.25) is 0 Å². The van der Waals surface area contributed by atoms with Crippen molar-refractivity contribution in [3.63, 3.8) is 0 Å². The van der Waals surface area contributed by atoms with Gasteiger partial charge in [0.15, 0.2) is 11.5 Å². The van der Waals surface area contributed by atoms with Crippen LogP contribution in [0, 0.1) is 0 Å². The summed E-state index contributed by atoms with van der Waals surface area (Å²) in [6, 6.07) is 21.9. The van der Waals surface area contributed by atoms with Crippen molar-refractivity contribution in [2.75, 3.05) is 20.8 Å². The second-order valence-corrected chi connectivity index (χ2v) is 7.08. The van der Waals surface area contributed by atoms with Gasteiger partial charge in [-0.2, -0.15) is 0 Å². The molecule has 3 aromatic rings. The molecule has 3 rings (SSSR count). The molecule has 0 spiro atoms. The summed E-state index contributed by atoms with van der Waals surface area (Å²) in [5.74, 6) is 2.23. The molecule has 0 aliphatic carbocycles. The number of nitrogens with one attached hydrogen (secondary N) is 1. The van der Waals surface area contributed by atoms with Crippen molar-refractivity contribution < 1.29 is 14.2 Å². The number of rotatable bonds is 10. The van der Waals surface area contributed by atoms with Crippen LogP contribution in [0.15, 0.2) is 66.7 Å². The van der Waals surface area contributed by atoms with Gasteiger partial charge in [0.25, 0.3) is 0 Å². The van der Waals surface area contributed by atoms with Crippen molar-refractivity contribution in [1.82, 2.24) is 5.32 Å². The maximum Gasteiger partial charge on any atom is 0.166 e. The lowest BCUT2D eigenvalue weighted by Gasteiger charge is -2.16. The van der Waals surface area contributed by atoms with E-state index in [0.717, 1.165) is 35.6 Å². The van der Waals surface area contributed by atoms with Crippen LogP contribution < -0.4 is 19.5 Å². The van der Waals surface area contributed by atoms with Crippen molar-refractivity contribution in [2.24, 2.45) is 0 Å². The molecule has 152 valence electrons. The fraction of sp³-hybridized carbons (Fsp3) is 0.250. The zero-order valence-corrected chi connectivity index (χ0v) is 17.5. The van der Waals surface area contributed by atoms with Gasteiger partial charge in [-0.1, -0.05) is 54.1 Å². The highest BCUT2D eigenvalue weighted by Crippen LogP contribution is 2.35. The van der Waals surface area contributed by atoms with Crippen LogP contribution in [0.2, 0.25) is 5.02 Å². The average Bonchev–Trinajstić information content (AvgIpc) is 2.76. The van der Waals surface area contributed by atoms with Crippen molar-refractivity contribution in [2.45, 2.75) is 19.6 Å². The molecule has 4 nitrogen and oxygen atoms in total. The zero-order valence-electron chi connectivity index (χ0n) is 16.8. The van der Waals surface area contributed by atoms with E-state index in [-0.39, 0.29) is 0 Å². The topological polar surface area (TPSA) is 39.7 Å². The fourth-order valence-corrected chi connectivity index (χ4v) is 3.28. The van der Waals surface area contributed by atoms with Gasteiger partial charge in [-0.3, -0.25) is 0 Å². The Bertz CT molecular complexity index is 898. The van der Waals surface area contributed by atoms with Crippen LogP contribution in [-0.4, -0.2) is 20.8 Å². The van der Waals surface area contributed by atoms with E-state index in [0.29, 0.717) is 23.9 Å². The lowest BCUT2D eigenvalue weighted by molar-refractivity contribution is 0.280. The highest BCUT2D eigenvalue weighted by molar-refractivity contribution is 6.30. The Morgan fingerprint density at radius 2 is 1.62 bits per heavy atom. The average molecular weight is 412 g/mol. The first-order chi connectivity index (χ1) is 14.2. The van der Waals surface area contributed by atoms with Crippen molar-refractivity contribution >= 4 is 11.6 Å². The maximum atomic E-state index is 6.28. The molecule has 0 unspecified atom stereocenters. The molecule has 0 saturated carbocycles. The molecule has 1 N–H and O–H groups in total. The predicted octanol–water partition coefficient (Wildman–Crippen LogP) is 5.27. The third kappa shape index (κ3) is 6.14. The molecule has 3 aromatic carbocycles. The van der Waals surface area contributed by atoms with Crippen LogP contribution in [-0.2, 0) is 19.6 Å². The molecule has 0 saturated heterocycles. The molecule has 29 heavy (non-hydrogen) atoms. The van der Waals surface area contributed by atoms with Gasteiger partial charge in [0.05, 0.1) is 14.2 Å². The van der Waals surface area contributed by atoms with Crippen LogP contribution in [0.5, 0.6) is 17.2 Å². The Kier molecular flexibility index (Phi) is 7.79. The van der Waals surface area contributed by atoms with Crippen molar-refractivity contribution in [1.29, 1.82) is 0 Å². The molecular weight excluding hydrogens is 386 g/mol. The smallest absolute Gasteiger partial charge is 0.166 e. The van der Waals surface area contributed by atoms with E-state index in [9.17, 15) is 0 Å². The minimum absolute atomic E-state index is 0.470. The number of hydrogen-bond donors (Lipinski definition) is 1. The molecule has 0 aliphatic heterocycles. The SMILES string of the molecule is COc1ccc(CCNCc2cc(Cl)cc(OC)c2OCc2ccccc2)cc1. The van der Waals surface area contributed by atoms with Gasteiger partial charge in [0, 0.05) is 23.2 Å². The van der Waals surface area contributed by atoms with E-state index in [1.807, 2.05) is 48.5 Å². The van der Waals surface area contributed by atoms with Crippen LogP contribution in [0.1, 0.15) is 16.7 Å². The molecule has 5 heteroatoms. The maximum absolute atomic E-state index is 6.28. The van der Waals surface area contributed by atoms with E-state index in [1.165, 1.54) is 5.56 Å². The van der Waals surface area contributed by atoms with Crippen LogP contribution in [0.25, 0.3) is 0 Å². The van der Waals surface area contributed by atoms with E-state index in [4.69, 9.17) is 25.8 Å². The van der Waals surface area contributed by atoms with Gasteiger partial charge in [0.1, 0.15) is 12.4 Å². The summed E-state index contributed by atoms with van der Waals surface area (Å²) in [6.07, 6.45) is 0.919. The number of ether oxygens (including phenoxy) is 3. The van der Waals surface area contributed by atoms with E-state index in [2.05, 4.69) is 17.4 Å². The third-order valence-corrected chi connectivity index (χ3v) is 4.83. The highest BCUT2D eigenvalue weighted by Gasteiger charge is 2.13. The Labute approximate surface area is 177 Å². The first kappa shape index (κ1) is 21.0. The number of methoxy groups -OCH3 is 2. The second-order valence-electron chi connectivity index (χ2n) is 6.65. The minimum atomic E-state index is 0.470. The van der Waals surface area contributed by atoms with Crippen LogP contribution >= 0.6 is 11.6 Å². The van der Waals surface area contributed by atoms with E-state index in [1.54, 1.807) is 20.3 Å². The molecule has 0 fully saturated rings. The summed E-state index contributed by atoms with van der Waals surface area (Å²) in [5, 5.41) is 4.10. The second kappa shape index (κ2) is 10.7. The summed E-state index contributed by atoms with van der Waals surface area (Å²) in [6.45, 7) is 1.94. The van der Waals surface area contributed by atoms with Gasteiger partial charge >= 0.3 is 0 Å². The van der Waals surface area contributed by atoms with Gasteiger partial charge < -0.3 is 19.5 Å². The summed E-state index contributed by atoms with van der Waals surface area (Å²) < 4.78 is 16.8. The molecule has 0 amide bonds. The highest BCUT2D eigenvalue weighted by atomic mass is 35.5. The molecule has 0 aliphatic rings. The third-order valence-electron chi connectivity index (χ3n) is 4.61. The summed E-state index contributed by atoms with van der Waals surface area (Å²) in [4.78, 5) is 0. The number of halogens is 1. The largest absolute Gasteiger partial charge is 0.497 e. The lowest BCUT2D eigenvalue weighted by atomic mass is 10.1. The van der Waals surface area contributed by atoms with E-state index < -0.39 is 0 Å². The molecule has 0 heterocycles. The Hall–Kier alpha value is -2.69. The normalized spacial score (nSPS) is 10.6. The van der Waals surface area contributed by atoms with Gasteiger partial charge in [-0.25, -0.2) is 0 Å².